The Bertz CT molecular complexity index is 2750. The van der Waals surface area contributed by atoms with Crippen molar-refractivity contribution in [1.82, 2.24) is 115 Å². The quantitative estimate of drug-likeness (QED) is 0.127. The number of hydrogen-bond acceptors (Lipinski definition) is 29. The van der Waals surface area contributed by atoms with E-state index >= 15 is 0 Å². The molecule has 12 aromatic rings. The second-order valence-electron chi connectivity index (χ2n) is 16.0. The highest BCUT2D eigenvalue weighted by atomic mass is 32.1. The first-order valence-electron chi connectivity index (χ1n) is 27.1. The highest BCUT2D eigenvalue weighted by Gasteiger charge is 1.95. The van der Waals surface area contributed by atoms with Gasteiger partial charge >= 0.3 is 0 Å². The molecule has 12 aromatic heterocycles. The first kappa shape index (κ1) is 83.3. The summed E-state index contributed by atoms with van der Waals surface area (Å²) in [4.78, 5) is 45.4. The fourth-order valence-corrected chi connectivity index (χ4v) is 6.97. The number of thiazole rings is 2. The standard InChI is InChI=1S/2C5H7NO.2C5H7NS.2C4H6N2O.3C4H6N2S.3C3H5N3.3C2H6/c4*1-4-5(2)7-3-6-4;2*1-3-5-4(2)7-6-3;1-3-5-6-4(2)7-3;2*1-3-5-4(2)7-6-3;3*1-3-4-2-5-6-3;3*1-2/h4*3H,1-2H3;5*1-2H3;3*2H,1H3,(H,4,5,6);3*1-2H3. The molecule has 3 N–H and O–H groups in total. The first-order valence-corrected chi connectivity index (χ1v) is 31.2. The third-order valence-corrected chi connectivity index (χ3v) is 12.6. The van der Waals surface area contributed by atoms with Gasteiger partial charge in [-0.05, 0) is 155 Å². The minimum absolute atomic E-state index is 0.623. The van der Waals surface area contributed by atoms with E-state index in [9.17, 15) is 0 Å². The molecule has 0 radical (unpaired) electrons. The molecule has 12 heterocycles. The number of nitrogens with zero attached hydrogens (tertiary/aromatic N) is 20. The minimum Gasteiger partial charge on any atom is -0.449 e. The molecule has 0 bridgehead atoms. The third kappa shape index (κ3) is 47.0. The van der Waals surface area contributed by atoms with Gasteiger partial charge in [-0.2, -0.15) is 34.0 Å². The Morgan fingerprint density at radius 3 is 0.747 bits per heavy atom. The second-order valence-corrected chi connectivity index (χ2v) is 21.4. The van der Waals surface area contributed by atoms with Crippen molar-refractivity contribution in [1.29, 1.82) is 0 Å². The van der Waals surface area contributed by atoms with Crippen LogP contribution in [0.15, 0.2) is 60.7 Å². The summed E-state index contributed by atoms with van der Waals surface area (Å²) in [5.41, 5.74) is 7.99. The van der Waals surface area contributed by atoms with Gasteiger partial charge in [0.2, 0.25) is 11.8 Å². The molecule has 87 heavy (non-hydrogen) atoms. The second kappa shape index (κ2) is 52.4. The van der Waals surface area contributed by atoms with Gasteiger partial charge in [0, 0.05) is 23.6 Å². The van der Waals surface area contributed by atoms with E-state index in [2.05, 4.69) is 138 Å². The lowest BCUT2D eigenvalue weighted by Gasteiger charge is -1.77. The van der Waals surface area contributed by atoms with E-state index < -0.39 is 0 Å². The van der Waals surface area contributed by atoms with Crippen molar-refractivity contribution in [2.75, 3.05) is 0 Å². The zero-order chi connectivity index (χ0) is 66.7. The molecule has 0 aliphatic carbocycles. The van der Waals surface area contributed by atoms with Gasteiger partial charge in [-0.15, -0.1) is 44.2 Å². The van der Waals surface area contributed by atoms with E-state index in [0.717, 1.165) is 83.4 Å². The summed E-state index contributed by atoms with van der Waals surface area (Å²) in [7, 11) is 0. The van der Waals surface area contributed by atoms with Crippen LogP contribution < -0.4 is 0 Å². The maximum Gasteiger partial charge on any atom is 0.223 e. The Morgan fingerprint density at radius 1 is 0.356 bits per heavy atom. The first-order chi connectivity index (χ1) is 41.3. The molecular formula is C55H91N23O4S5. The van der Waals surface area contributed by atoms with Gasteiger partial charge in [0.05, 0.1) is 33.8 Å². The maximum absolute atomic E-state index is 4.85. The summed E-state index contributed by atoms with van der Waals surface area (Å²) in [5.74, 6) is 8.76. The number of H-pyrrole nitrogens is 3. The van der Waals surface area contributed by atoms with Crippen LogP contribution in [-0.4, -0.2) is 115 Å². The van der Waals surface area contributed by atoms with Crippen molar-refractivity contribution < 1.29 is 17.9 Å². The maximum atomic E-state index is 4.85. The van der Waals surface area contributed by atoms with Gasteiger partial charge in [0.25, 0.3) is 0 Å². The number of oxazole rings is 2. The van der Waals surface area contributed by atoms with Crippen molar-refractivity contribution in [2.45, 2.75) is 187 Å². The van der Waals surface area contributed by atoms with Crippen molar-refractivity contribution in [3.05, 3.63) is 159 Å². The lowest BCUT2D eigenvalue weighted by molar-refractivity contribution is 0.389. The molecule has 0 saturated heterocycles. The van der Waals surface area contributed by atoms with Crippen LogP contribution in [0.1, 0.15) is 158 Å². The van der Waals surface area contributed by atoms with E-state index in [-0.39, 0.29) is 0 Å². The minimum atomic E-state index is 0.623. The molecule has 0 fully saturated rings. The van der Waals surface area contributed by atoms with Crippen LogP contribution in [-0.2, 0) is 0 Å². The molecule has 0 aromatic carbocycles. The number of rotatable bonds is 0. The van der Waals surface area contributed by atoms with Crippen LogP contribution in [0.3, 0.4) is 0 Å². The number of aryl methyl sites for hydroxylation is 21. The topological polar surface area (TPSA) is 358 Å². The number of hydrogen-bond donors (Lipinski definition) is 3. The monoisotopic (exact) mass is 1300 g/mol. The van der Waals surface area contributed by atoms with Gasteiger partial charge in [0.1, 0.15) is 79.7 Å². The van der Waals surface area contributed by atoms with E-state index in [0.29, 0.717) is 23.4 Å². The molecule has 480 valence electrons. The molecule has 0 unspecified atom stereocenters. The van der Waals surface area contributed by atoms with E-state index in [1.54, 1.807) is 61.7 Å². The normalized spacial score (nSPS) is 8.86. The molecule has 12 rings (SSSR count). The molecule has 0 amide bonds. The van der Waals surface area contributed by atoms with Crippen LogP contribution in [0, 0.1) is 145 Å². The Balaban J connectivity index is -0.000000878. The zero-order valence-corrected chi connectivity index (χ0v) is 59.7. The molecule has 0 atom stereocenters. The zero-order valence-electron chi connectivity index (χ0n) is 55.7. The van der Waals surface area contributed by atoms with Crippen molar-refractivity contribution in [2.24, 2.45) is 0 Å². The molecule has 0 spiro atoms. The number of aromatic amines is 3. The average molecular weight is 1300 g/mol. The van der Waals surface area contributed by atoms with Gasteiger partial charge in [-0.25, -0.2) is 44.9 Å². The van der Waals surface area contributed by atoms with Gasteiger partial charge in [-0.3, -0.25) is 15.3 Å². The highest BCUT2D eigenvalue weighted by Crippen LogP contribution is 2.09. The lowest BCUT2D eigenvalue weighted by atomic mass is 10.4. The Kier molecular flexibility index (Phi) is 50.1. The Morgan fingerprint density at radius 2 is 0.678 bits per heavy atom. The summed E-state index contributed by atoms with van der Waals surface area (Å²) in [5, 5.41) is 37.5. The van der Waals surface area contributed by atoms with E-state index in [1.807, 2.05) is 156 Å². The average Bonchev–Trinajstić information content (AvgIpc) is 4.37. The fraction of sp³-hybridized carbons (Fsp3) is 0.491. The van der Waals surface area contributed by atoms with E-state index in [4.69, 9.17) is 8.83 Å². The van der Waals surface area contributed by atoms with Crippen LogP contribution in [0.25, 0.3) is 0 Å². The summed E-state index contributed by atoms with van der Waals surface area (Å²) in [6, 6.07) is 0. The summed E-state index contributed by atoms with van der Waals surface area (Å²) >= 11 is 7.89. The predicted molar refractivity (Wildman–Crippen MR) is 348 cm³/mol. The van der Waals surface area contributed by atoms with Gasteiger partial charge in [0.15, 0.2) is 24.4 Å². The molecule has 0 aliphatic rings. The van der Waals surface area contributed by atoms with Crippen LogP contribution in [0.4, 0.5) is 0 Å². The predicted octanol–water partition coefficient (Wildman–Crippen LogP) is 14.4. The van der Waals surface area contributed by atoms with Crippen molar-refractivity contribution >= 4 is 57.1 Å². The Labute approximate surface area is 532 Å². The highest BCUT2D eigenvalue weighted by molar-refractivity contribution is 7.11. The summed E-state index contributed by atoms with van der Waals surface area (Å²) in [6.45, 7) is 52.1. The van der Waals surface area contributed by atoms with Crippen LogP contribution >= 0.6 is 57.1 Å². The largest absolute Gasteiger partial charge is 0.449 e. The van der Waals surface area contributed by atoms with E-state index in [1.165, 1.54) is 64.6 Å². The SMILES string of the molecule is CC.CC.CC.Cc1ncn[nH]1.Cc1ncn[nH]1.Cc1ncn[nH]1.Cc1ncoc1C.Cc1ncoc1C.Cc1ncsc1C.Cc1ncsc1C.Cc1nnc(C)s1.Cc1noc(C)n1.Cc1noc(C)n1.Cc1nsc(C)n1.Cc1nsc(C)n1. The van der Waals surface area contributed by atoms with Crippen LogP contribution in [0.5, 0.6) is 0 Å². The van der Waals surface area contributed by atoms with Gasteiger partial charge in [-0.1, -0.05) is 51.9 Å². The molecule has 0 saturated carbocycles. The summed E-state index contributed by atoms with van der Waals surface area (Å²) in [6.07, 6.45) is 7.34. The van der Waals surface area contributed by atoms with Crippen molar-refractivity contribution in [3.63, 3.8) is 0 Å². The smallest absolute Gasteiger partial charge is 0.223 e. The summed E-state index contributed by atoms with van der Waals surface area (Å²) < 4.78 is 26.8. The van der Waals surface area contributed by atoms with Crippen molar-refractivity contribution in [3.8, 4) is 0 Å². The number of aromatic nitrogens is 23. The lowest BCUT2D eigenvalue weighted by Crippen LogP contribution is -1.70. The molecule has 27 nitrogen and oxygen atoms in total. The fourth-order valence-electron chi connectivity index (χ4n) is 4.24. The number of nitrogens with one attached hydrogen (secondary N) is 3. The molecule has 0 aliphatic heterocycles. The molecular weight excluding hydrogens is 1210 g/mol. The van der Waals surface area contributed by atoms with Gasteiger partial charge < -0.3 is 17.9 Å². The molecule has 32 heteroatoms. The Hall–Kier alpha value is -7.94. The third-order valence-electron chi connectivity index (χ3n) is 8.69. The van der Waals surface area contributed by atoms with Crippen LogP contribution in [0.2, 0.25) is 0 Å².